The molecular formula is C12H19BN2O2. The lowest BCUT2D eigenvalue weighted by atomic mass is 9.56. The summed E-state index contributed by atoms with van der Waals surface area (Å²) >= 11 is 0. The summed E-state index contributed by atoms with van der Waals surface area (Å²) in [5.41, 5.74) is 0.827. The minimum Gasteiger partial charge on any atom is -0.480 e. The number of rotatable bonds is 2. The van der Waals surface area contributed by atoms with Gasteiger partial charge in [-0.25, -0.2) is 4.98 Å². The van der Waals surface area contributed by atoms with Crippen molar-refractivity contribution >= 4 is 12.5 Å². The van der Waals surface area contributed by atoms with E-state index < -0.39 is 0 Å². The van der Waals surface area contributed by atoms with Crippen LogP contribution in [0.5, 0.6) is 5.88 Å². The van der Waals surface area contributed by atoms with Crippen molar-refractivity contribution in [2.75, 3.05) is 7.11 Å². The molecule has 17 heavy (non-hydrogen) atoms. The first-order valence-corrected chi connectivity index (χ1v) is 5.89. The van der Waals surface area contributed by atoms with E-state index in [1.165, 1.54) is 0 Å². The fourth-order valence-electron chi connectivity index (χ4n) is 2.05. The molecule has 0 saturated carbocycles. The number of aromatic nitrogens is 2. The van der Waals surface area contributed by atoms with Gasteiger partial charge in [0.15, 0.2) is 0 Å². The number of ether oxygens (including phenoxy) is 1. The van der Waals surface area contributed by atoms with Crippen molar-refractivity contribution in [3.05, 3.63) is 12.4 Å². The standard InChI is InChI=1S/C12H19BN2O2/c1-11(2)8-13(17-12(11,3)4)9-6-14-7-10(15-9)16-5/h6-7H,8H2,1-5H3. The lowest BCUT2D eigenvalue weighted by Crippen LogP contribution is -2.37. The average Bonchev–Trinajstić information content (AvgIpc) is 2.48. The summed E-state index contributed by atoms with van der Waals surface area (Å²) in [6.07, 6.45) is 4.31. The highest BCUT2D eigenvalue weighted by Crippen LogP contribution is 2.44. The third-order valence-electron chi connectivity index (χ3n) is 3.93. The maximum absolute atomic E-state index is 6.09. The van der Waals surface area contributed by atoms with Gasteiger partial charge in [-0.05, 0) is 25.6 Å². The Hall–Kier alpha value is -1.10. The van der Waals surface area contributed by atoms with E-state index in [0.29, 0.717) is 5.88 Å². The van der Waals surface area contributed by atoms with E-state index in [9.17, 15) is 0 Å². The van der Waals surface area contributed by atoms with Crippen LogP contribution >= 0.6 is 0 Å². The van der Waals surface area contributed by atoms with Crippen molar-refractivity contribution in [2.45, 2.75) is 39.6 Å². The molecule has 1 aliphatic heterocycles. The van der Waals surface area contributed by atoms with Crippen molar-refractivity contribution < 1.29 is 9.39 Å². The van der Waals surface area contributed by atoms with Crippen LogP contribution in [0, 0.1) is 5.41 Å². The predicted molar refractivity (Wildman–Crippen MR) is 67.7 cm³/mol. The second kappa shape index (κ2) is 3.98. The normalized spacial score (nSPS) is 21.6. The molecule has 92 valence electrons. The fraction of sp³-hybridized carbons (Fsp3) is 0.667. The van der Waals surface area contributed by atoms with Crippen LogP contribution in [0.3, 0.4) is 0 Å². The summed E-state index contributed by atoms with van der Waals surface area (Å²) in [5, 5.41) is 0. The van der Waals surface area contributed by atoms with Crippen LogP contribution in [-0.4, -0.2) is 29.6 Å². The Balaban J connectivity index is 2.25. The molecule has 0 unspecified atom stereocenters. The molecule has 0 N–H and O–H groups in total. The molecule has 1 aromatic heterocycles. The Morgan fingerprint density at radius 2 is 2.00 bits per heavy atom. The molecular weight excluding hydrogens is 215 g/mol. The lowest BCUT2D eigenvalue weighted by molar-refractivity contribution is 0.0374. The summed E-state index contributed by atoms with van der Waals surface area (Å²) in [7, 11) is 1.59. The van der Waals surface area contributed by atoms with Crippen molar-refractivity contribution in [1.82, 2.24) is 9.97 Å². The van der Waals surface area contributed by atoms with Crippen LogP contribution in [0.2, 0.25) is 6.32 Å². The minimum atomic E-state index is -0.150. The highest BCUT2D eigenvalue weighted by atomic mass is 16.5. The maximum Gasteiger partial charge on any atom is 0.349 e. The molecule has 2 rings (SSSR count). The predicted octanol–water partition coefficient (Wildman–Crippen LogP) is 1.52. The molecule has 1 fully saturated rings. The van der Waals surface area contributed by atoms with Gasteiger partial charge in [0.1, 0.15) is 0 Å². The number of methoxy groups -OCH3 is 1. The van der Waals surface area contributed by atoms with E-state index in [4.69, 9.17) is 9.39 Å². The first kappa shape index (κ1) is 12.4. The van der Waals surface area contributed by atoms with Crippen LogP contribution in [0.15, 0.2) is 12.4 Å². The Morgan fingerprint density at radius 1 is 1.29 bits per heavy atom. The van der Waals surface area contributed by atoms with Crippen molar-refractivity contribution in [2.24, 2.45) is 5.41 Å². The van der Waals surface area contributed by atoms with Crippen molar-refractivity contribution in [3.63, 3.8) is 0 Å². The molecule has 1 aliphatic rings. The van der Waals surface area contributed by atoms with Gasteiger partial charge in [-0.2, -0.15) is 0 Å². The Labute approximate surface area is 103 Å². The first-order chi connectivity index (χ1) is 7.86. The minimum absolute atomic E-state index is 0.00241. The largest absolute Gasteiger partial charge is 0.480 e. The zero-order chi connectivity index (χ0) is 12.7. The van der Waals surface area contributed by atoms with Gasteiger partial charge >= 0.3 is 6.92 Å². The molecule has 4 nitrogen and oxygen atoms in total. The summed E-state index contributed by atoms with van der Waals surface area (Å²) < 4.78 is 11.2. The topological polar surface area (TPSA) is 44.2 Å². The molecule has 0 bridgehead atoms. The molecule has 0 radical (unpaired) electrons. The number of hydrogen-bond donors (Lipinski definition) is 0. The first-order valence-electron chi connectivity index (χ1n) is 5.89. The summed E-state index contributed by atoms with van der Waals surface area (Å²) in [5.74, 6) is 0.536. The van der Waals surface area contributed by atoms with Gasteiger partial charge in [-0.3, -0.25) is 4.98 Å². The SMILES string of the molecule is COc1cncc(B2CC(C)(C)C(C)(C)O2)n1. The number of nitrogens with zero attached hydrogens (tertiary/aromatic N) is 2. The van der Waals surface area contributed by atoms with E-state index in [1.54, 1.807) is 19.5 Å². The second-order valence-corrected chi connectivity index (χ2v) is 5.69. The highest BCUT2D eigenvalue weighted by molar-refractivity contribution is 6.67. The van der Waals surface area contributed by atoms with Gasteiger partial charge in [0, 0.05) is 6.20 Å². The third kappa shape index (κ3) is 2.16. The molecule has 0 atom stereocenters. The second-order valence-electron chi connectivity index (χ2n) is 5.69. The summed E-state index contributed by atoms with van der Waals surface area (Å²) in [6, 6.07) is 0. The summed E-state index contributed by atoms with van der Waals surface area (Å²) in [6.45, 7) is 8.70. The fourth-order valence-corrected chi connectivity index (χ4v) is 2.05. The number of hydrogen-bond acceptors (Lipinski definition) is 4. The lowest BCUT2D eigenvalue weighted by Gasteiger charge is -2.34. The smallest absolute Gasteiger partial charge is 0.349 e. The Kier molecular flexibility index (Phi) is 2.90. The van der Waals surface area contributed by atoms with Gasteiger partial charge in [0.2, 0.25) is 5.88 Å². The zero-order valence-corrected chi connectivity index (χ0v) is 11.2. The van der Waals surface area contributed by atoms with Gasteiger partial charge in [-0.1, -0.05) is 13.8 Å². The van der Waals surface area contributed by atoms with Crippen molar-refractivity contribution in [1.29, 1.82) is 0 Å². The van der Waals surface area contributed by atoms with E-state index in [1.807, 2.05) is 0 Å². The van der Waals surface area contributed by atoms with E-state index in [2.05, 4.69) is 37.7 Å². The summed E-state index contributed by atoms with van der Waals surface area (Å²) in [4.78, 5) is 8.52. The van der Waals surface area contributed by atoms with Crippen molar-refractivity contribution in [3.8, 4) is 5.88 Å². The molecule has 5 heteroatoms. The Bertz CT molecular complexity index is 405. The maximum atomic E-state index is 6.09. The van der Waals surface area contributed by atoms with E-state index in [0.717, 1.165) is 11.9 Å². The Morgan fingerprint density at radius 3 is 2.53 bits per heavy atom. The van der Waals surface area contributed by atoms with Crippen LogP contribution in [0.25, 0.3) is 0 Å². The van der Waals surface area contributed by atoms with E-state index >= 15 is 0 Å². The molecule has 1 aromatic rings. The molecule has 0 spiro atoms. The quantitative estimate of drug-likeness (QED) is 0.727. The van der Waals surface area contributed by atoms with E-state index in [-0.39, 0.29) is 17.9 Å². The average molecular weight is 234 g/mol. The highest BCUT2D eigenvalue weighted by Gasteiger charge is 2.50. The molecule has 0 aromatic carbocycles. The van der Waals surface area contributed by atoms with Crippen LogP contribution in [0.4, 0.5) is 0 Å². The van der Waals surface area contributed by atoms with Gasteiger partial charge < -0.3 is 9.39 Å². The van der Waals surface area contributed by atoms with Gasteiger partial charge in [0.25, 0.3) is 0 Å². The monoisotopic (exact) mass is 234 g/mol. The van der Waals surface area contributed by atoms with Gasteiger partial charge in [-0.15, -0.1) is 0 Å². The molecule has 1 saturated heterocycles. The van der Waals surface area contributed by atoms with Crippen LogP contribution in [0.1, 0.15) is 27.7 Å². The molecule has 0 amide bonds. The van der Waals surface area contributed by atoms with Gasteiger partial charge in [0.05, 0.1) is 24.5 Å². The molecule has 2 heterocycles. The molecule has 0 aliphatic carbocycles. The third-order valence-corrected chi connectivity index (χ3v) is 3.93. The zero-order valence-electron chi connectivity index (χ0n) is 11.2. The van der Waals surface area contributed by atoms with Crippen LogP contribution < -0.4 is 10.3 Å². The van der Waals surface area contributed by atoms with Crippen LogP contribution in [-0.2, 0) is 4.65 Å².